The molecule has 0 bridgehead atoms. The van der Waals surface area contributed by atoms with Gasteiger partial charge in [0.1, 0.15) is 9.84 Å². The number of nitrogens with zero attached hydrogens (tertiary/aromatic N) is 11. The molecule has 546 valence electrons. The minimum absolute atomic E-state index is 0.0120. The van der Waals surface area contributed by atoms with E-state index in [4.69, 9.17) is 31.4 Å². The number of piperidine rings is 1. The van der Waals surface area contributed by atoms with Crippen molar-refractivity contribution < 1.29 is 56.1 Å². The fourth-order valence-corrected chi connectivity index (χ4v) is 7.04. The summed E-state index contributed by atoms with van der Waals surface area (Å²) in [6.45, 7) is 37.3. The quantitative estimate of drug-likeness (QED) is 0.0647. The molecule has 0 aromatic carbocycles. The van der Waals surface area contributed by atoms with E-state index in [1.54, 1.807) is 71.0 Å². The number of guanidine groups is 1. The summed E-state index contributed by atoms with van der Waals surface area (Å²) in [6.07, 6.45) is 9.76. The zero-order valence-corrected chi connectivity index (χ0v) is 62.5. The number of methoxy groups -OCH3 is 3. The van der Waals surface area contributed by atoms with E-state index >= 15 is 0 Å². The molecule has 0 spiro atoms. The van der Waals surface area contributed by atoms with E-state index in [-0.39, 0.29) is 53.7 Å². The molecule has 3 fully saturated rings. The van der Waals surface area contributed by atoms with Crippen LogP contribution in [0.4, 0.5) is 0 Å². The van der Waals surface area contributed by atoms with Gasteiger partial charge in [0, 0.05) is 221 Å². The monoisotopic (exact) mass is 1340 g/mol. The average molecular weight is 1340 g/mol. The number of likely N-dealkylation sites (tertiary alicyclic amines) is 1. The Bertz CT molecular complexity index is 1980. The summed E-state index contributed by atoms with van der Waals surface area (Å²) >= 11 is 0. The first-order valence-corrected chi connectivity index (χ1v) is 33.9. The van der Waals surface area contributed by atoms with Gasteiger partial charge in [-0.2, -0.15) is 0 Å². The molecular weight excluding hydrogens is 1210 g/mol. The molecule has 5 aliphatic rings. The molecule has 3 saturated heterocycles. The van der Waals surface area contributed by atoms with Gasteiger partial charge in [-0.05, 0) is 73.4 Å². The molecule has 0 aromatic heterocycles. The summed E-state index contributed by atoms with van der Waals surface area (Å²) in [5.41, 5.74) is 16.6. The van der Waals surface area contributed by atoms with Gasteiger partial charge in [-0.15, -0.1) is 0 Å². The number of amidine groups is 2. The molecule has 5 aliphatic heterocycles. The van der Waals surface area contributed by atoms with Crippen molar-refractivity contribution >= 4 is 68.6 Å². The Morgan fingerprint density at radius 2 is 1.14 bits per heavy atom. The molecule has 0 unspecified atom stereocenters. The Labute approximate surface area is 558 Å². The van der Waals surface area contributed by atoms with Crippen LogP contribution < -0.4 is 33.2 Å². The summed E-state index contributed by atoms with van der Waals surface area (Å²) < 4.78 is 40.6. The van der Waals surface area contributed by atoms with E-state index in [0.29, 0.717) is 46.0 Å². The average Bonchev–Trinajstić information content (AvgIpc) is 4.52. The van der Waals surface area contributed by atoms with Crippen molar-refractivity contribution in [2.75, 3.05) is 227 Å². The van der Waals surface area contributed by atoms with Crippen LogP contribution in [0, 0.1) is 0 Å². The van der Waals surface area contributed by atoms with Gasteiger partial charge in [0.05, 0.1) is 57.0 Å². The SMILES string of the molecule is CC.CC(=O)N(C)CCN(C)C.CC(=O)N(C)CCS(C)(=O)=O.CC(=O)N1CCCCC1.CC1=NCCC1.CC1=NCCN1.CCN=C(N)N.CN=C1CCCN1.COCCN(C)C(C)=O.COCCN(C)C(C)=O.COCCNC(C)=O.NCCN1CCOCC1. The highest BCUT2D eigenvalue weighted by molar-refractivity contribution is 7.90. The Morgan fingerprint density at radius 1 is 0.652 bits per heavy atom. The number of aliphatic imine (C=N–C) groups is 4. The number of sulfone groups is 1. The number of nitrogens with two attached hydrogens (primary N) is 3. The maximum absolute atomic E-state index is 10.7. The first kappa shape index (κ1) is 99.9. The zero-order chi connectivity index (χ0) is 72.3. The number of nitrogens with one attached hydrogen (secondary N) is 3. The van der Waals surface area contributed by atoms with Gasteiger partial charge in [0.15, 0.2) is 5.96 Å². The fraction of sp³-hybridized carbons (Fsp3) is 0.839. The van der Waals surface area contributed by atoms with Gasteiger partial charge < -0.3 is 81.5 Å². The van der Waals surface area contributed by atoms with Crippen LogP contribution in [0.2, 0.25) is 0 Å². The van der Waals surface area contributed by atoms with E-state index in [9.17, 15) is 37.2 Å². The molecule has 5 rings (SSSR count). The minimum Gasteiger partial charge on any atom is -0.383 e. The first-order valence-electron chi connectivity index (χ1n) is 31.9. The van der Waals surface area contributed by atoms with Crippen LogP contribution in [0.15, 0.2) is 20.0 Å². The lowest BCUT2D eigenvalue weighted by molar-refractivity contribution is -0.130. The topological polar surface area (TPSA) is 360 Å². The van der Waals surface area contributed by atoms with E-state index in [0.717, 1.165) is 110 Å². The van der Waals surface area contributed by atoms with Crippen LogP contribution in [0.3, 0.4) is 0 Å². The van der Waals surface area contributed by atoms with Crippen molar-refractivity contribution in [2.45, 2.75) is 121 Å². The lowest BCUT2D eigenvalue weighted by Crippen LogP contribution is -2.39. The molecule has 6 amide bonds. The third kappa shape index (κ3) is 84.4. The molecule has 5 heterocycles. The molecule has 0 aliphatic carbocycles. The molecule has 9 N–H and O–H groups in total. The number of ether oxygens (including phenoxy) is 4. The van der Waals surface area contributed by atoms with Gasteiger partial charge in [0.2, 0.25) is 35.4 Å². The Hall–Kier alpha value is -5.63. The molecule has 0 saturated carbocycles. The molecular formula is C62H135N17O12S. The number of rotatable bonds is 18. The number of hydrogen-bond acceptors (Lipinski definition) is 20. The number of morpholine rings is 1. The number of hydrogen-bond donors (Lipinski definition) is 6. The highest BCUT2D eigenvalue weighted by atomic mass is 32.2. The van der Waals surface area contributed by atoms with Crippen molar-refractivity contribution in [3.63, 3.8) is 0 Å². The third-order valence-corrected chi connectivity index (χ3v) is 13.5. The summed E-state index contributed by atoms with van der Waals surface area (Å²) in [5, 5.41) is 8.81. The van der Waals surface area contributed by atoms with E-state index in [1.807, 2.05) is 60.8 Å². The van der Waals surface area contributed by atoms with E-state index in [1.165, 1.54) is 82.7 Å². The van der Waals surface area contributed by atoms with E-state index in [2.05, 4.69) is 57.4 Å². The smallest absolute Gasteiger partial charge is 0.219 e. The highest BCUT2D eigenvalue weighted by Gasteiger charge is 2.12. The van der Waals surface area contributed by atoms with Gasteiger partial charge in [-0.1, -0.05) is 13.8 Å². The standard InChI is InChI=1S/C7H16N2O.C7H13NO.C6H14N2O.C6H13NO3S.2C6H13NO2.C5H10N2.C5H11NO2.C5H9N.C4H8N2.C3H9N3.C2H6/c1-7(10)9(4)6-5-8(2)3;1-7(9)8-5-3-2-4-6-8;7-1-2-8-3-5-9-6-4-8;1-6(8)7(2)4-5-11(3,9)10;2*1-6(8)7(2)4-5-9-3;1-6-5-3-2-4-7-5;1-5(7)6-3-4-8-2;1-5-3-2-4-6-5;1-4-5-2-3-6-4;1-2-6-3(4)5;1-2/h5-6H2,1-4H3;2-6H2,1H3;1-7H2;4-5H2,1-3H3;2*4-5H2,1-3H3;2-4H2,1H3,(H,6,7);3-4H2,1-2H3,(H,6,7);2-4H2,1H3;2-3H2,1H3,(H,5,6);2H2,1H3,(H4,4,5,6);1-2H3. The van der Waals surface area contributed by atoms with Crippen LogP contribution in [0.25, 0.3) is 0 Å². The summed E-state index contributed by atoms with van der Waals surface area (Å²) in [6, 6.07) is 0. The first-order chi connectivity index (χ1) is 43.2. The number of carbonyl (C=O) groups excluding carboxylic acids is 6. The van der Waals surface area contributed by atoms with Gasteiger partial charge in [-0.3, -0.25) is 53.6 Å². The lowest BCUT2D eigenvalue weighted by Gasteiger charge is -2.25. The van der Waals surface area contributed by atoms with Crippen molar-refractivity contribution in [1.29, 1.82) is 0 Å². The van der Waals surface area contributed by atoms with Gasteiger partial charge in [-0.25, -0.2) is 8.42 Å². The highest BCUT2D eigenvalue weighted by Crippen LogP contribution is 2.08. The normalized spacial score (nSPS) is 14.3. The van der Waals surface area contributed by atoms with Crippen molar-refractivity contribution in [3.8, 4) is 0 Å². The Morgan fingerprint density at radius 3 is 1.40 bits per heavy atom. The van der Waals surface area contributed by atoms with Crippen LogP contribution >= 0.6 is 0 Å². The second kappa shape index (κ2) is 71.2. The third-order valence-electron chi connectivity index (χ3n) is 12.6. The summed E-state index contributed by atoms with van der Waals surface area (Å²) in [7, 11) is 14.6. The second-order valence-electron chi connectivity index (χ2n) is 21.2. The predicted molar refractivity (Wildman–Crippen MR) is 380 cm³/mol. The molecule has 0 atom stereocenters. The summed E-state index contributed by atoms with van der Waals surface area (Å²) in [5.74, 6) is 2.82. The minimum atomic E-state index is -2.95. The zero-order valence-electron chi connectivity index (χ0n) is 61.7. The molecule has 0 aromatic rings. The second-order valence-corrected chi connectivity index (χ2v) is 23.4. The molecule has 92 heavy (non-hydrogen) atoms. The maximum atomic E-state index is 10.7. The van der Waals surface area contributed by atoms with E-state index < -0.39 is 9.84 Å². The lowest BCUT2D eigenvalue weighted by atomic mass is 10.1. The van der Waals surface area contributed by atoms with Crippen LogP contribution in [0.1, 0.15) is 121 Å². The number of likely N-dealkylation sites (N-methyl/N-ethyl adjacent to an activating group) is 4. The molecule has 30 heteroatoms. The van der Waals surface area contributed by atoms with Crippen LogP contribution in [0.5, 0.6) is 0 Å². The Balaban J connectivity index is -0.000000173. The summed E-state index contributed by atoms with van der Waals surface area (Å²) in [4.78, 5) is 91.6. The fourth-order valence-electron chi connectivity index (χ4n) is 6.43. The molecule has 29 nitrogen and oxygen atoms in total. The van der Waals surface area contributed by atoms with Crippen molar-refractivity contribution in [3.05, 3.63) is 0 Å². The van der Waals surface area contributed by atoms with Crippen molar-refractivity contribution in [1.82, 2.24) is 50.2 Å². The van der Waals surface area contributed by atoms with Crippen LogP contribution in [-0.2, 0) is 57.6 Å². The Kier molecular flexibility index (Phi) is 77.4. The predicted octanol–water partition coefficient (Wildman–Crippen LogP) is 1.78. The maximum Gasteiger partial charge on any atom is 0.219 e. The van der Waals surface area contributed by atoms with Gasteiger partial charge >= 0.3 is 0 Å². The number of carbonyl (C=O) groups is 6. The molecule has 0 radical (unpaired) electrons. The van der Waals surface area contributed by atoms with Crippen molar-refractivity contribution in [2.24, 2.45) is 37.2 Å². The van der Waals surface area contributed by atoms with Gasteiger partial charge in [0.25, 0.3) is 0 Å². The number of amides is 6. The largest absolute Gasteiger partial charge is 0.383 e. The van der Waals surface area contributed by atoms with Crippen LogP contribution in [-0.4, -0.2) is 328 Å².